The van der Waals surface area contributed by atoms with Gasteiger partial charge in [-0.3, -0.25) is 4.79 Å². The quantitative estimate of drug-likeness (QED) is 0.783. The summed E-state index contributed by atoms with van der Waals surface area (Å²) in [7, 11) is 0. The molecule has 3 N–H and O–H groups in total. The van der Waals surface area contributed by atoms with Gasteiger partial charge >= 0.3 is 0 Å². The highest BCUT2D eigenvalue weighted by molar-refractivity contribution is 7.10. The molecule has 1 saturated heterocycles. The van der Waals surface area contributed by atoms with Crippen molar-refractivity contribution in [3.05, 3.63) is 21.4 Å². The number of carbonyl (C=O) groups excluding carboxylic acids is 1. The van der Waals surface area contributed by atoms with E-state index < -0.39 is 0 Å². The van der Waals surface area contributed by atoms with Gasteiger partial charge in [-0.15, -0.1) is 11.3 Å². The number of nitrogens with two attached hydrogens (primary N) is 1. The fourth-order valence-corrected chi connectivity index (χ4v) is 4.16. The summed E-state index contributed by atoms with van der Waals surface area (Å²) in [6.45, 7) is 2.65. The first kappa shape index (κ1) is 11.2. The number of hydrogen-bond donors (Lipinski definition) is 2. The van der Waals surface area contributed by atoms with E-state index in [0.717, 1.165) is 37.9 Å². The number of thiophene rings is 1. The lowest BCUT2D eigenvalue weighted by Gasteiger charge is -2.40. The van der Waals surface area contributed by atoms with Crippen molar-refractivity contribution in [2.75, 3.05) is 19.7 Å². The summed E-state index contributed by atoms with van der Waals surface area (Å²) in [5, 5.41) is 5.24. The maximum absolute atomic E-state index is 11.4. The maximum Gasteiger partial charge on any atom is 0.249 e. The molecule has 1 spiro atoms. The molecule has 0 radical (unpaired) electrons. The minimum atomic E-state index is -0.312. The van der Waals surface area contributed by atoms with Crippen molar-refractivity contribution in [3.8, 4) is 0 Å². The molecule has 1 amide bonds. The van der Waals surface area contributed by atoms with Crippen molar-refractivity contribution in [3.63, 3.8) is 0 Å². The van der Waals surface area contributed by atoms with Gasteiger partial charge in [0.2, 0.25) is 5.91 Å². The first-order chi connectivity index (χ1) is 8.23. The van der Waals surface area contributed by atoms with Crippen LogP contribution in [0.25, 0.3) is 0 Å². The van der Waals surface area contributed by atoms with Gasteiger partial charge in [0.25, 0.3) is 0 Å². The summed E-state index contributed by atoms with van der Waals surface area (Å²) >= 11 is 1.63. The van der Waals surface area contributed by atoms with Gasteiger partial charge in [-0.05, 0) is 37.9 Å². The van der Waals surface area contributed by atoms with E-state index >= 15 is 0 Å². The lowest BCUT2D eigenvalue weighted by atomic mass is 9.85. The van der Waals surface area contributed by atoms with Crippen LogP contribution in [0.4, 0.5) is 0 Å². The largest absolute Gasteiger partial charge is 0.369 e. The summed E-state index contributed by atoms with van der Waals surface area (Å²) in [5.41, 5.74) is 7.09. The molecule has 0 saturated carbocycles. The Hall–Kier alpha value is -0.910. The van der Waals surface area contributed by atoms with Crippen LogP contribution in [0.3, 0.4) is 0 Å². The minimum Gasteiger partial charge on any atom is -0.369 e. The van der Waals surface area contributed by atoms with E-state index in [1.54, 1.807) is 11.3 Å². The van der Waals surface area contributed by atoms with Gasteiger partial charge in [-0.25, -0.2) is 0 Å². The van der Waals surface area contributed by atoms with Crippen LogP contribution >= 0.6 is 11.3 Å². The predicted octanol–water partition coefficient (Wildman–Crippen LogP) is 0.998. The molecule has 1 aromatic rings. The van der Waals surface area contributed by atoms with E-state index in [9.17, 15) is 4.79 Å². The van der Waals surface area contributed by atoms with Crippen molar-refractivity contribution < 1.29 is 9.53 Å². The normalized spacial score (nSPS) is 22.4. The third-order valence-electron chi connectivity index (χ3n) is 3.71. The third-order valence-corrected chi connectivity index (χ3v) is 4.92. The summed E-state index contributed by atoms with van der Waals surface area (Å²) in [6.07, 6.45) is 2.78. The molecule has 0 aliphatic carbocycles. The second-order valence-corrected chi connectivity index (χ2v) is 5.54. The molecule has 92 valence electrons. The molecule has 2 aliphatic heterocycles. The zero-order chi connectivity index (χ0) is 11.9. The van der Waals surface area contributed by atoms with Crippen molar-refractivity contribution in [2.24, 2.45) is 5.73 Å². The van der Waals surface area contributed by atoms with Crippen molar-refractivity contribution >= 4 is 17.2 Å². The smallest absolute Gasteiger partial charge is 0.249 e. The van der Waals surface area contributed by atoms with Crippen LogP contribution in [0.5, 0.6) is 0 Å². The molecule has 1 aromatic heterocycles. The van der Waals surface area contributed by atoms with E-state index in [1.807, 2.05) is 5.38 Å². The molecule has 17 heavy (non-hydrogen) atoms. The SMILES string of the molecule is NC(=O)c1csc2c1CCOC21CCNCC1. The third kappa shape index (κ3) is 1.69. The maximum atomic E-state index is 11.4. The topological polar surface area (TPSA) is 64.4 Å². The van der Waals surface area contributed by atoms with Gasteiger partial charge in [-0.1, -0.05) is 0 Å². The number of carbonyl (C=O) groups is 1. The van der Waals surface area contributed by atoms with Crippen LogP contribution in [0.15, 0.2) is 5.38 Å². The number of ether oxygens (including phenoxy) is 1. The van der Waals surface area contributed by atoms with Gasteiger partial charge < -0.3 is 15.8 Å². The lowest BCUT2D eigenvalue weighted by Crippen LogP contribution is -2.44. The molecular weight excluding hydrogens is 236 g/mol. The molecule has 0 atom stereocenters. The average molecular weight is 252 g/mol. The Labute approximate surface area is 104 Å². The molecule has 0 aromatic carbocycles. The molecule has 3 rings (SSSR count). The van der Waals surface area contributed by atoms with Crippen LogP contribution in [0, 0.1) is 0 Å². The molecule has 2 aliphatic rings. The highest BCUT2D eigenvalue weighted by Crippen LogP contribution is 2.44. The highest BCUT2D eigenvalue weighted by atomic mass is 32.1. The number of nitrogens with one attached hydrogen (secondary N) is 1. The van der Waals surface area contributed by atoms with E-state index in [0.29, 0.717) is 12.2 Å². The Morgan fingerprint density at radius 1 is 1.47 bits per heavy atom. The van der Waals surface area contributed by atoms with Crippen LogP contribution < -0.4 is 11.1 Å². The zero-order valence-electron chi connectivity index (χ0n) is 9.62. The van der Waals surface area contributed by atoms with Crippen molar-refractivity contribution in [1.82, 2.24) is 5.32 Å². The van der Waals surface area contributed by atoms with Crippen LogP contribution in [0.2, 0.25) is 0 Å². The van der Waals surface area contributed by atoms with Gasteiger partial charge in [0.15, 0.2) is 0 Å². The number of piperidine rings is 1. The number of hydrogen-bond acceptors (Lipinski definition) is 4. The molecule has 0 bridgehead atoms. The Bertz CT molecular complexity index is 449. The van der Waals surface area contributed by atoms with Gasteiger partial charge in [0, 0.05) is 10.3 Å². The zero-order valence-corrected chi connectivity index (χ0v) is 10.4. The summed E-state index contributed by atoms with van der Waals surface area (Å²) in [4.78, 5) is 12.6. The molecule has 1 fully saturated rings. The van der Waals surface area contributed by atoms with Crippen LogP contribution in [-0.4, -0.2) is 25.6 Å². The van der Waals surface area contributed by atoms with Gasteiger partial charge in [0.05, 0.1) is 12.2 Å². The summed E-state index contributed by atoms with van der Waals surface area (Å²) < 4.78 is 6.04. The summed E-state index contributed by atoms with van der Waals surface area (Å²) in [5.74, 6) is -0.312. The first-order valence-electron chi connectivity index (χ1n) is 5.98. The second kappa shape index (κ2) is 4.08. The van der Waals surface area contributed by atoms with Crippen molar-refractivity contribution in [2.45, 2.75) is 24.9 Å². The summed E-state index contributed by atoms with van der Waals surface area (Å²) in [6, 6.07) is 0. The number of rotatable bonds is 1. The monoisotopic (exact) mass is 252 g/mol. The number of fused-ring (bicyclic) bond motifs is 2. The van der Waals surface area contributed by atoms with Gasteiger partial charge in [0.1, 0.15) is 5.60 Å². The van der Waals surface area contributed by atoms with E-state index in [-0.39, 0.29) is 11.5 Å². The van der Waals surface area contributed by atoms with Crippen LogP contribution in [0.1, 0.15) is 33.6 Å². The second-order valence-electron chi connectivity index (χ2n) is 4.66. The van der Waals surface area contributed by atoms with E-state index in [4.69, 9.17) is 10.5 Å². The fraction of sp³-hybridized carbons (Fsp3) is 0.583. The Balaban J connectivity index is 2.05. The molecule has 4 nitrogen and oxygen atoms in total. The number of primary amides is 1. The Morgan fingerprint density at radius 3 is 2.94 bits per heavy atom. The molecule has 0 unspecified atom stereocenters. The fourth-order valence-electron chi connectivity index (χ4n) is 2.84. The van der Waals surface area contributed by atoms with Gasteiger partial charge in [-0.2, -0.15) is 0 Å². The van der Waals surface area contributed by atoms with E-state index in [2.05, 4.69) is 5.32 Å². The Kier molecular flexibility index (Phi) is 2.69. The highest BCUT2D eigenvalue weighted by Gasteiger charge is 2.41. The Morgan fingerprint density at radius 2 is 2.24 bits per heavy atom. The first-order valence-corrected chi connectivity index (χ1v) is 6.86. The predicted molar refractivity (Wildman–Crippen MR) is 66.3 cm³/mol. The lowest BCUT2D eigenvalue weighted by molar-refractivity contribution is -0.0771. The van der Waals surface area contributed by atoms with Crippen LogP contribution in [-0.2, 0) is 16.8 Å². The van der Waals surface area contributed by atoms with Crippen molar-refractivity contribution in [1.29, 1.82) is 0 Å². The van der Waals surface area contributed by atoms with E-state index in [1.165, 1.54) is 4.88 Å². The minimum absolute atomic E-state index is 0.156. The number of amides is 1. The molecule has 3 heterocycles. The molecular formula is C12H16N2O2S. The average Bonchev–Trinajstić information content (AvgIpc) is 2.76. The molecule has 5 heteroatoms. The standard InChI is InChI=1S/C12H16N2O2S/c13-11(15)9-7-17-10-8(9)1-6-16-12(10)2-4-14-5-3-12/h7,14H,1-6H2,(H2,13,15).